The van der Waals surface area contributed by atoms with Gasteiger partial charge in [0.05, 0.1) is 19.0 Å². The van der Waals surface area contributed by atoms with E-state index in [-0.39, 0.29) is 11.3 Å². The number of hydrogen-bond donors (Lipinski definition) is 0. The van der Waals surface area contributed by atoms with Crippen LogP contribution in [0.5, 0.6) is 0 Å². The molecule has 2 fully saturated rings. The number of thioether (sulfide) groups is 1. The molecule has 0 bridgehead atoms. The van der Waals surface area contributed by atoms with Gasteiger partial charge in [-0.05, 0) is 18.9 Å². The van der Waals surface area contributed by atoms with Crippen LogP contribution in [0.4, 0.5) is 0 Å². The first-order chi connectivity index (χ1) is 10.7. The topological polar surface area (TPSA) is 32.8 Å². The Bertz CT molecular complexity index is 500. The SMILES string of the molecule is Cc1ccc(C2SCC(=O)N2CCCN2CCOCC2)cc1. The maximum atomic E-state index is 12.2. The molecule has 1 atom stereocenters. The monoisotopic (exact) mass is 320 g/mol. The van der Waals surface area contributed by atoms with Crippen molar-refractivity contribution in [2.24, 2.45) is 0 Å². The number of hydrogen-bond acceptors (Lipinski definition) is 4. The first-order valence-electron chi connectivity index (χ1n) is 8.02. The van der Waals surface area contributed by atoms with Crippen molar-refractivity contribution in [3.63, 3.8) is 0 Å². The van der Waals surface area contributed by atoms with Crippen molar-refractivity contribution in [2.75, 3.05) is 45.1 Å². The van der Waals surface area contributed by atoms with Crippen LogP contribution in [-0.2, 0) is 9.53 Å². The molecule has 22 heavy (non-hydrogen) atoms. The molecule has 2 saturated heterocycles. The summed E-state index contributed by atoms with van der Waals surface area (Å²) in [4.78, 5) is 16.7. The third-order valence-electron chi connectivity index (χ3n) is 4.31. The summed E-state index contributed by atoms with van der Waals surface area (Å²) in [5, 5.41) is 0.192. The molecule has 5 heteroatoms. The lowest BCUT2D eigenvalue weighted by Gasteiger charge is -2.29. The molecule has 0 aromatic heterocycles. The van der Waals surface area contributed by atoms with E-state index < -0.39 is 0 Å². The van der Waals surface area contributed by atoms with Crippen LogP contribution in [0.3, 0.4) is 0 Å². The number of benzene rings is 1. The van der Waals surface area contributed by atoms with Crippen LogP contribution in [0.1, 0.15) is 22.9 Å². The average Bonchev–Trinajstić information content (AvgIpc) is 2.90. The van der Waals surface area contributed by atoms with Crippen LogP contribution in [0.25, 0.3) is 0 Å². The molecule has 0 spiro atoms. The molecule has 0 radical (unpaired) electrons. The largest absolute Gasteiger partial charge is 0.379 e. The predicted octanol–water partition coefficient (Wildman–Crippen LogP) is 2.29. The van der Waals surface area contributed by atoms with Crippen molar-refractivity contribution in [2.45, 2.75) is 18.7 Å². The highest BCUT2D eigenvalue weighted by atomic mass is 32.2. The van der Waals surface area contributed by atoms with Crippen molar-refractivity contribution in [3.05, 3.63) is 35.4 Å². The van der Waals surface area contributed by atoms with Crippen LogP contribution in [0, 0.1) is 6.92 Å². The minimum Gasteiger partial charge on any atom is -0.379 e. The maximum Gasteiger partial charge on any atom is 0.233 e. The van der Waals surface area contributed by atoms with Crippen molar-refractivity contribution in [1.29, 1.82) is 0 Å². The van der Waals surface area contributed by atoms with E-state index in [1.165, 1.54) is 11.1 Å². The van der Waals surface area contributed by atoms with Crippen molar-refractivity contribution < 1.29 is 9.53 Å². The minimum absolute atomic E-state index is 0.192. The summed E-state index contributed by atoms with van der Waals surface area (Å²) in [6, 6.07) is 8.57. The van der Waals surface area contributed by atoms with Gasteiger partial charge in [0.1, 0.15) is 5.37 Å². The smallest absolute Gasteiger partial charge is 0.233 e. The maximum absolute atomic E-state index is 12.2. The number of morpholine rings is 1. The molecule has 1 aromatic carbocycles. The number of rotatable bonds is 5. The Kier molecular flexibility index (Phi) is 5.39. The van der Waals surface area contributed by atoms with E-state index in [2.05, 4.69) is 41.0 Å². The molecular formula is C17H24N2O2S. The third-order valence-corrected chi connectivity index (χ3v) is 5.56. The Hall–Kier alpha value is -1.04. The zero-order valence-electron chi connectivity index (χ0n) is 13.2. The average molecular weight is 320 g/mol. The summed E-state index contributed by atoms with van der Waals surface area (Å²) < 4.78 is 5.37. The minimum atomic E-state index is 0.192. The number of nitrogens with zero attached hydrogens (tertiary/aromatic N) is 2. The van der Waals surface area contributed by atoms with E-state index in [0.29, 0.717) is 5.75 Å². The van der Waals surface area contributed by atoms with Gasteiger partial charge < -0.3 is 9.64 Å². The number of aryl methyl sites for hydroxylation is 1. The van der Waals surface area contributed by atoms with Crippen molar-refractivity contribution in [1.82, 2.24) is 9.80 Å². The molecule has 0 saturated carbocycles. The van der Waals surface area contributed by atoms with Crippen molar-refractivity contribution in [3.8, 4) is 0 Å². The number of carbonyl (C=O) groups excluding carboxylic acids is 1. The molecule has 1 amide bonds. The van der Waals surface area contributed by atoms with E-state index in [1.54, 1.807) is 11.8 Å². The second-order valence-electron chi connectivity index (χ2n) is 5.97. The van der Waals surface area contributed by atoms with Crippen LogP contribution in [0.2, 0.25) is 0 Å². The van der Waals surface area contributed by atoms with Crippen LogP contribution >= 0.6 is 11.8 Å². The molecule has 3 rings (SSSR count). The van der Waals surface area contributed by atoms with Gasteiger partial charge in [-0.25, -0.2) is 0 Å². The summed E-state index contributed by atoms with van der Waals surface area (Å²) in [5.41, 5.74) is 2.50. The molecule has 1 aromatic rings. The highest BCUT2D eigenvalue weighted by molar-refractivity contribution is 8.00. The molecule has 1 unspecified atom stereocenters. The highest BCUT2D eigenvalue weighted by Crippen LogP contribution is 2.38. The number of ether oxygens (including phenoxy) is 1. The fourth-order valence-electron chi connectivity index (χ4n) is 2.99. The van der Waals surface area contributed by atoms with Gasteiger partial charge in [0.25, 0.3) is 0 Å². The molecule has 0 N–H and O–H groups in total. The van der Waals surface area contributed by atoms with Gasteiger partial charge >= 0.3 is 0 Å². The Balaban J connectivity index is 1.55. The summed E-state index contributed by atoms with van der Waals surface area (Å²) >= 11 is 1.75. The number of carbonyl (C=O) groups is 1. The number of amides is 1. The van der Waals surface area contributed by atoms with Gasteiger partial charge in [0.15, 0.2) is 0 Å². The molecule has 2 heterocycles. The fraction of sp³-hybridized carbons (Fsp3) is 0.588. The summed E-state index contributed by atoms with van der Waals surface area (Å²) in [5.74, 6) is 0.883. The van der Waals surface area contributed by atoms with Gasteiger partial charge in [0.2, 0.25) is 5.91 Å². The van der Waals surface area contributed by atoms with Gasteiger partial charge in [-0.1, -0.05) is 29.8 Å². The Morgan fingerprint density at radius 2 is 1.91 bits per heavy atom. The lowest BCUT2D eigenvalue weighted by Crippen LogP contribution is -2.38. The van der Waals surface area contributed by atoms with Gasteiger partial charge in [-0.2, -0.15) is 0 Å². The highest BCUT2D eigenvalue weighted by Gasteiger charge is 2.32. The zero-order chi connectivity index (χ0) is 15.4. The first-order valence-corrected chi connectivity index (χ1v) is 9.06. The Morgan fingerprint density at radius 1 is 1.18 bits per heavy atom. The van der Waals surface area contributed by atoms with Crippen LogP contribution < -0.4 is 0 Å². The van der Waals surface area contributed by atoms with Gasteiger partial charge in [-0.15, -0.1) is 11.8 Å². The van der Waals surface area contributed by atoms with E-state index in [9.17, 15) is 4.79 Å². The lowest BCUT2D eigenvalue weighted by molar-refractivity contribution is -0.128. The molecule has 2 aliphatic heterocycles. The molecule has 2 aliphatic rings. The first kappa shape index (κ1) is 15.8. The molecule has 4 nitrogen and oxygen atoms in total. The quantitative estimate of drug-likeness (QED) is 0.833. The van der Waals surface area contributed by atoms with E-state index in [0.717, 1.165) is 45.8 Å². The Morgan fingerprint density at radius 3 is 2.64 bits per heavy atom. The molecule has 120 valence electrons. The summed E-state index contributed by atoms with van der Waals surface area (Å²) in [6.07, 6.45) is 1.04. The Labute approximate surface area is 136 Å². The third kappa shape index (κ3) is 3.83. The lowest BCUT2D eigenvalue weighted by atomic mass is 10.1. The van der Waals surface area contributed by atoms with Gasteiger partial charge in [0, 0.05) is 26.2 Å². The second kappa shape index (κ2) is 7.49. The normalized spacial score (nSPS) is 23.2. The van der Waals surface area contributed by atoms with Crippen LogP contribution in [-0.4, -0.2) is 60.9 Å². The fourth-order valence-corrected chi connectivity index (χ4v) is 4.21. The second-order valence-corrected chi connectivity index (χ2v) is 7.04. The molecular weight excluding hydrogens is 296 g/mol. The van der Waals surface area contributed by atoms with E-state index in [4.69, 9.17) is 4.74 Å². The van der Waals surface area contributed by atoms with E-state index in [1.807, 2.05) is 0 Å². The zero-order valence-corrected chi connectivity index (χ0v) is 14.0. The van der Waals surface area contributed by atoms with E-state index >= 15 is 0 Å². The summed E-state index contributed by atoms with van der Waals surface area (Å²) in [6.45, 7) is 7.71. The van der Waals surface area contributed by atoms with Crippen molar-refractivity contribution >= 4 is 17.7 Å². The van der Waals surface area contributed by atoms with Gasteiger partial charge in [-0.3, -0.25) is 9.69 Å². The molecule has 0 aliphatic carbocycles. The van der Waals surface area contributed by atoms with Crippen LogP contribution in [0.15, 0.2) is 24.3 Å². The predicted molar refractivity (Wildman–Crippen MR) is 90.0 cm³/mol. The standard InChI is InChI=1S/C17H24N2O2S/c1-14-3-5-15(6-4-14)17-19(16(20)13-22-17)8-2-7-18-9-11-21-12-10-18/h3-6,17H,2,7-13H2,1H3. The summed E-state index contributed by atoms with van der Waals surface area (Å²) in [7, 11) is 0.